The number of anilines is 1. The first kappa shape index (κ1) is 16.0. The Hall–Kier alpha value is -1.45. The molecule has 0 amide bonds. The number of rotatable bonds is 4. The number of hydrogen-bond acceptors (Lipinski definition) is 3. The van der Waals surface area contributed by atoms with Crippen LogP contribution in [-0.4, -0.2) is 25.4 Å². The number of nitrogens with one attached hydrogen (secondary N) is 1. The van der Waals surface area contributed by atoms with Crippen LogP contribution in [0, 0.1) is 5.92 Å². The summed E-state index contributed by atoms with van der Waals surface area (Å²) in [5.41, 5.74) is 2.79. The highest BCUT2D eigenvalue weighted by Gasteiger charge is 2.47. The van der Waals surface area contributed by atoms with Crippen LogP contribution in [0.25, 0.3) is 0 Å². The second-order valence-corrected chi connectivity index (χ2v) is 7.88. The Morgan fingerprint density at radius 3 is 2.54 bits per heavy atom. The Bertz CT molecular complexity index is 687. The van der Waals surface area contributed by atoms with Crippen LogP contribution >= 0.6 is 11.8 Å². The van der Waals surface area contributed by atoms with Gasteiger partial charge in [0.2, 0.25) is 0 Å². The third kappa shape index (κ3) is 2.74. The van der Waals surface area contributed by atoms with E-state index in [1.165, 1.54) is 35.4 Å². The van der Waals surface area contributed by atoms with Gasteiger partial charge in [-0.15, -0.1) is 11.8 Å². The highest BCUT2D eigenvalue weighted by molar-refractivity contribution is 7.98. The smallest absolute Gasteiger partial charge is 0.0532 e. The molecule has 0 bridgehead atoms. The van der Waals surface area contributed by atoms with Gasteiger partial charge in [-0.25, -0.2) is 0 Å². The third-order valence-electron chi connectivity index (χ3n) is 5.81. The van der Waals surface area contributed by atoms with E-state index in [1.54, 1.807) is 0 Å². The molecular formula is C21H26N2S. The van der Waals surface area contributed by atoms with Gasteiger partial charge in [-0.1, -0.05) is 48.9 Å². The van der Waals surface area contributed by atoms with Gasteiger partial charge in [0.15, 0.2) is 0 Å². The normalized spacial score (nSPS) is 28.8. The van der Waals surface area contributed by atoms with Gasteiger partial charge in [0.05, 0.1) is 17.8 Å². The fourth-order valence-corrected chi connectivity index (χ4v) is 5.36. The van der Waals surface area contributed by atoms with Gasteiger partial charge in [-0.05, 0) is 42.7 Å². The van der Waals surface area contributed by atoms with Crippen LogP contribution in [0.1, 0.15) is 30.9 Å². The molecule has 2 nitrogen and oxygen atoms in total. The zero-order chi connectivity index (χ0) is 16.5. The average molecular weight is 339 g/mol. The van der Waals surface area contributed by atoms with Crippen LogP contribution in [0.4, 0.5) is 5.69 Å². The van der Waals surface area contributed by atoms with Crippen molar-refractivity contribution in [2.24, 2.45) is 5.92 Å². The van der Waals surface area contributed by atoms with Crippen LogP contribution in [0.3, 0.4) is 0 Å². The summed E-state index contributed by atoms with van der Waals surface area (Å²) >= 11 is 1.84. The van der Waals surface area contributed by atoms with E-state index >= 15 is 0 Å². The number of fused-ring (bicyclic) bond motifs is 1. The largest absolute Gasteiger partial charge is 0.368 e. The van der Waals surface area contributed by atoms with Gasteiger partial charge < -0.3 is 10.2 Å². The molecule has 4 rings (SSSR count). The van der Waals surface area contributed by atoms with Gasteiger partial charge in [0, 0.05) is 18.0 Å². The topological polar surface area (TPSA) is 15.3 Å². The molecule has 1 aliphatic heterocycles. The van der Waals surface area contributed by atoms with E-state index in [0.29, 0.717) is 18.1 Å². The highest BCUT2D eigenvalue weighted by Crippen LogP contribution is 2.45. The summed E-state index contributed by atoms with van der Waals surface area (Å²) in [4.78, 5) is 3.92. The first-order chi connectivity index (χ1) is 11.8. The average Bonchev–Trinajstić information content (AvgIpc) is 3.22. The van der Waals surface area contributed by atoms with Crippen LogP contribution in [-0.2, 0) is 0 Å². The fraction of sp³-hybridized carbons (Fsp3) is 0.429. The molecule has 1 saturated carbocycles. The zero-order valence-corrected chi connectivity index (χ0v) is 15.3. The van der Waals surface area contributed by atoms with Gasteiger partial charge in [-0.2, -0.15) is 0 Å². The van der Waals surface area contributed by atoms with Crippen molar-refractivity contribution in [3.8, 4) is 0 Å². The lowest BCUT2D eigenvalue weighted by Gasteiger charge is -2.35. The number of hydrogen-bond donors (Lipinski definition) is 1. The second-order valence-electron chi connectivity index (χ2n) is 7.03. The van der Waals surface area contributed by atoms with Crippen LogP contribution in [0.15, 0.2) is 59.5 Å². The van der Waals surface area contributed by atoms with Crippen molar-refractivity contribution in [1.82, 2.24) is 5.32 Å². The maximum atomic E-state index is 3.96. The summed E-state index contributed by atoms with van der Waals surface area (Å²) in [5, 5.41) is 3.96. The van der Waals surface area contributed by atoms with E-state index in [0.717, 1.165) is 5.92 Å². The molecule has 1 aliphatic carbocycles. The molecule has 2 aromatic rings. The minimum atomic E-state index is 0.418. The number of para-hydroxylation sites is 1. The van der Waals surface area contributed by atoms with Gasteiger partial charge in [-0.3, -0.25) is 0 Å². The zero-order valence-electron chi connectivity index (χ0n) is 14.5. The lowest BCUT2D eigenvalue weighted by Crippen LogP contribution is -2.40. The minimum Gasteiger partial charge on any atom is -0.368 e. The summed E-state index contributed by atoms with van der Waals surface area (Å²) in [6.45, 7) is 0. The van der Waals surface area contributed by atoms with Crippen molar-refractivity contribution >= 4 is 17.4 Å². The molecule has 1 saturated heterocycles. The first-order valence-electron chi connectivity index (χ1n) is 8.96. The standard InChI is InChI=1S/C21H26N2S/c1-23(18-13-6-7-14-19(18)24-2)21-16-11-8-12-17(16)22-20(21)15-9-4-3-5-10-15/h3-7,9-10,13-14,16-17,20-22H,8,11-12H2,1-2H3. The third-order valence-corrected chi connectivity index (χ3v) is 6.60. The quantitative estimate of drug-likeness (QED) is 0.812. The number of thioether (sulfide) groups is 1. The van der Waals surface area contributed by atoms with Crippen molar-refractivity contribution in [2.75, 3.05) is 18.2 Å². The Morgan fingerprint density at radius 2 is 1.75 bits per heavy atom. The van der Waals surface area contributed by atoms with E-state index in [-0.39, 0.29) is 0 Å². The summed E-state index contributed by atoms with van der Waals surface area (Å²) < 4.78 is 0. The van der Waals surface area contributed by atoms with E-state index in [2.05, 4.69) is 78.1 Å². The van der Waals surface area contributed by atoms with Crippen molar-refractivity contribution in [1.29, 1.82) is 0 Å². The van der Waals surface area contributed by atoms with Crippen LogP contribution in [0.2, 0.25) is 0 Å². The number of benzene rings is 2. The van der Waals surface area contributed by atoms with Gasteiger partial charge in [0.25, 0.3) is 0 Å². The van der Waals surface area contributed by atoms with Crippen molar-refractivity contribution < 1.29 is 0 Å². The summed E-state index contributed by atoms with van der Waals surface area (Å²) in [7, 11) is 2.29. The molecule has 1 N–H and O–H groups in total. The molecule has 0 radical (unpaired) electrons. The number of likely N-dealkylation sites (N-methyl/N-ethyl adjacent to an activating group) is 1. The minimum absolute atomic E-state index is 0.418. The second kappa shape index (κ2) is 6.81. The molecule has 2 aliphatic rings. The number of nitrogens with zero attached hydrogens (tertiary/aromatic N) is 1. The molecule has 0 aromatic heterocycles. The first-order valence-corrected chi connectivity index (χ1v) is 10.2. The molecule has 4 atom stereocenters. The van der Waals surface area contributed by atoms with E-state index in [4.69, 9.17) is 0 Å². The molecule has 3 heteroatoms. The molecule has 2 aromatic carbocycles. The van der Waals surface area contributed by atoms with Crippen molar-refractivity contribution in [3.05, 3.63) is 60.2 Å². The monoisotopic (exact) mass is 338 g/mol. The summed E-state index contributed by atoms with van der Waals surface area (Å²) in [6, 6.07) is 21.4. The lowest BCUT2D eigenvalue weighted by molar-refractivity contribution is 0.440. The Morgan fingerprint density at radius 1 is 1.00 bits per heavy atom. The van der Waals surface area contributed by atoms with Crippen molar-refractivity contribution in [3.63, 3.8) is 0 Å². The van der Waals surface area contributed by atoms with Crippen LogP contribution in [0.5, 0.6) is 0 Å². The Balaban J connectivity index is 1.71. The predicted octanol–water partition coefficient (Wildman–Crippen LogP) is 4.73. The molecule has 2 fully saturated rings. The van der Waals surface area contributed by atoms with Gasteiger partial charge in [0.1, 0.15) is 0 Å². The van der Waals surface area contributed by atoms with Crippen LogP contribution < -0.4 is 10.2 Å². The van der Waals surface area contributed by atoms with Gasteiger partial charge >= 0.3 is 0 Å². The molecule has 0 spiro atoms. The SMILES string of the molecule is CSc1ccccc1N(C)C1C(c2ccccc2)NC2CCCC21. The molecular weight excluding hydrogens is 312 g/mol. The molecule has 1 heterocycles. The Labute approximate surface area is 149 Å². The molecule has 4 unspecified atom stereocenters. The predicted molar refractivity (Wildman–Crippen MR) is 104 cm³/mol. The maximum Gasteiger partial charge on any atom is 0.0532 e. The molecule has 24 heavy (non-hydrogen) atoms. The van der Waals surface area contributed by atoms with E-state index in [1.807, 2.05) is 11.8 Å². The fourth-order valence-electron chi connectivity index (χ4n) is 4.73. The van der Waals surface area contributed by atoms with E-state index in [9.17, 15) is 0 Å². The molecule has 126 valence electrons. The lowest BCUT2D eigenvalue weighted by atomic mass is 9.90. The summed E-state index contributed by atoms with van der Waals surface area (Å²) in [5.74, 6) is 0.745. The summed E-state index contributed by atoms with van der Waals surface area (Å²) in [6.07, 6.45) is 6.20. The van der Waals surface area contributed by atoms with E-state index < -0.39 is 0 Å². The van der Waals surface area contributed by atoms with Crippen molar-refractivity contribution in [2.45, 2.75) is 42.3 Å². The highest BCUT2D eigenvalue weighted by atomic mass is 32.2. The maximum absolute atomic E-state index is 3.96. The Kier molecular flexibility index (Phi) is 4.55.